The minimum atomic E-state index is -1.08. The predicted octanol–water partition coefficient (Wildman–Crippen LogP) is 2.97. The molecule has 1 atom stereocenters. The molecule has 0 saturated carbocycles. The first-order chi connectivity index (χ1) is 10.7. The Morgan fingerprint density at radius 1 is 1.14 bits per heavy atom. The molecule has 0 bridgehead atoms. The van der Waals surface area contributed by atoms with Gasteiger partial charge in [0.05, 0.1) is 12.8 Å². The van der Waals surface area contributed by atoms with Crippen LogP contribution in [0.1, 0.15) is 17.5 Å². The number of oxime groups is 1. The summed E-state index contributed by atoms with van der Waals surface area (Å²) in [5, 5.41) is 4.14. The molecule has 22 heavy (non-hydrogen) atoms. The lowest BCUT2D eigenvalue weighted by Crippen LogP contribution is -2.42. The molecule has 0 saturated heterocycles. The number of benzene rings is 2. The van der Waals surface area contributed by atoms with Crippen molar-refractivity contribution in [3.05, 3.63) is 71.8 Å². The topological polar surface area (TPSA) is 47.9 Å². The number of methoxy groups -OCH3 is 1. The van der Waals surface area contributed by atoms with Crippen LogP contribution in [0.15, 0.2) is 65.8 Å². The van der Waals surface area contributed by atoms with Crippen molar-refractivity contribution >= 4 is 11.7 Å². The first-order valence-corrected chi connectivity index (χ1v) is 7.16. The molecule has 112 valence electrons. The molecule has 1 aliphatic heterocycles. The zero-order valence-electron chi connectivity index (χ0n) is 12.4. The molecule has 0 radical (unpaired) electrons. The van der Waals surface area contributed by atoms with Crippen LogP contribution >= 0.6 is 0 Å². The average molecular weight is 295 g/mol. The van der Waals surface area contributed by atoms with Crippen LogP contribution in [0.25, 0.3) is 0 Å². The van der Waals surface area contributed by atoms with E-state index in [1.54, 1.807) is 0 Å². The second kappa shape index (κ2) is 6.02. The van der Waals surface area contributed by atoms with E-state index < -0.39 is 11.6 Å². The van der Waals surface area contributed by atoms with Crippen molar-refractivity contribution < 1.29 is 14.4 Å². The smallest absolute Gasteiger partial charge is 0.353 e. The molecule has 2 aromatic rings. The van der Waals surface area contributed by atoms with Gasteiger partial charge in [0, 0.05) is 12.8 Å². The Hall–Kier alpha value is -2.62. The maximum atomic E-state index is 12.3. The minimum absolute atomic E-state index is 0.397. The van der Waals surface area contributed by atoms with Crippen LogP contribution in [-0.2, 0) is 20.8 Å². The molecular formula is C18H17NO3. The van der Waals surface area contributed by atoms with Gasteiger partial charge in [-0.2, -0.15) is 0 Å². The van der Waals surface area contributed by atoms with E-state index in [1.807, 2.05) is 60.7 Å². The second-order valence-corrected chi connectivity index (χ2v) is 5.32. The van der Waals surface area contributed by atoms with E-state index in [0.29, 0.717) is 12.8 Å². The summed E-state index contributed by atoms with van der Waals surface area (Å²) in [5.41, 5.74) is 1.65. The van der Waals surface area contributed by atoms with Gasteiger partial charge in [0.25, 0.3) is 0 Å². The largest absolute Gasteiger partial charge is 0.466 e. The Labute approximate surface area is 129 Å². The molecule has 0 aliphatic carbocycles. The lowest BCUT2D eigenvalue weighted by atomic mass is 9.88. The Morgan fingerprint density at radius 3 is 2.41 bits per heavy atom. The van der Waals surface area contributed by atoms with Crippen LogP contribution in [0.4, 0.5) is 0 Å². The van der Waals surface area contributed by atoms with Gasteiger partial charge in [-0.15, -0.1) is 0 Å². The third-order valence-electron chi connectivity index (χ3n) is 3.78. The van der Waals surface area contributed by atoms with Gasteiger partial charge in [-0.3, -0.25) is 0 Å². The summed E-state index contributed by atoms with van der Waals surface area (Å²) < 4.78 is 4.96. The van der Waals surface area contributed by atoms with Gasteiger partial charge in [-0.1, -0.05) is 65.8 Å². The zero-order chi connectivity index (χ0) is 15.4. The van der Waals surface area contributed by atoms with Crippen molar-refractivity contribution in [2.75, 3.05) is 7.11 Å². The molecule has 1 aliphatic rings. The molecule has 0 aromatic heterocycles. The Bertz CT molecular complexity index is 682. The Morgan fingerprint density at radius 2 is 1.77 bits per heavy atom. The summed E-state index contributed by atoms with van der Waals surface area (Å²) in [6.07, 6.45) is 0.832. The van der Waals surface area contributed by atoms with Crippen LogP contribution < -0.4 is 0 Å². The van der Waals surface area contributed by atoms with Crippen LogP contribution in [0, 0.1) is 0 Å². The molecule has 0 fully saturated rings. The Balaban J connectivity index is 1.86. The van der Waals surface area contributed by atoms with Crippen LogP contribution in [0.3, 0.4) is 0 Å². The highest BCUT2D eigenvalue weighted by molar-refractivity contribution is 6.04. The normalized spacial score (nSPS) is 20.1. The van der Waals surface area contributed by atoms with Crippen molar-refractivity contribution in [3.63, 3.8) is 0 Å². The number of carbonyl (C=O) groups excluding carboxylic acids is 1. The summed E-state index contributed by atoms with van der Waals surface area (Å²) in [6.45, 7) is 0. The summed E-state index contributed by atoms with van der Waals surface area (Å²) in [5.74, 6) is -0.397. The van der Waals surface area contributed by atoms with E-state index >= 15 is 0 Å². The lowest BCUT2D eigenvalue weighted by molar-refractivity contribution is -0.166. The number of hydrogen-bond donors (Lipinski definition) is 0. The molecule has 0 spiro atoms. The molecule has 1 unspecified atom stereocenters. The molecular weight excluding hydrogens is 278 g/mol. The van der Waals surface area contributed by atoms with Crippen molar-refractivity contribution in [2.45, 2.75) is 18.4 Å². The van der Waals surface area contributed by atoms with E-state index in [-0.39, 0.29) is 0 Å². The number of hydrogen-bond acceptors (Lipinski definition) is 4. The summed E-state index contributed by atoms with van der Waals surface area (Å²) in [6, 6.07) is 19.5. The van der Waals surface area contributed by atoms with Gasteiger partial charge in [0.1, 0.15) is 0 Å². The van der Waals surface area contributed by atoms with Crippen molar-refractivity contribution in [2.24, 2.45) is 5.16 Å². The third kappa shape index (κ3) is 2.72. The predicted molar refractivity (Wildman–Crippen MR) is 83.6 cm³/mol. The van der Waals surface area contributed by atoms with Gasteiger partial charge in [0.15, 0.2) is 0 Å². The highest BCUT2D eigenvalue weighted by Gasteiger charge is 2.48. The van der Waals surface area contributed by atoms with Crippen molar-refractivity contribution in [1.29, 1.82) is 0 Å². The zero-order valence-corrected chi connectivity index (χ0v) is 12.4. The van der Waals surface area contributed by atoms with Crippen LogP contribution in [0.2, 0.25) is 0 Å². The van der Waals surface area contributed by atoms with Gasteiger partial charge < -0.3 is 9.57 Å². The molecule has 0 amide bonds. The number of nitrogens with zero attached hydrogens (tertiary/aromatic N) is 1. The number of carbonyl (C=O) groups is 1. The standard InChI is InChI=1S/C18H17NO3/c1-21-17(20)18(12-14-8-4-2-5-9-14)13-16(19-22-18)15-10-6-3-7-11-15/h2-11H,12-13H2,1H3. The fourth-order valence-electron chi connectivity index (χ4n) is 2.65. The monoisotopic (exact) mass is 295 g/mol. The second-order valence-electron chi connectivity index (χ2n) is 5.32. The van der Waals surface area contributed by atoms with Gasteiger partial charge in [-0.05, 0) is 11.1 Å². The fraction of sp³-hybridized carbons (Fsp3) is 0.222. The first kappa shape index (κ1) is 14.3. The van der Waals surface area contributed by atoms with Crippen molar-refractivity contribution in [3.8, 4) is 0 Å². The van der Waals surface area contributed by atoms with Crippen LogP contribution in [0.5, 0.6) is 0 Å². The average Bonchev–Trinajstić information content (AvgIpc) is 3.01. The summed E-state index contributed by atoms with van der Waals surface area (Å²) in [4.78, 5) is 17.9. The molecule has 4 nitrogen and oxygen atoms in total. The van der Waals surface area contributed by atoms with Crippen LogP contribution in [-0.4, -0.2) is 24.4 Å². The SMILES string of the molecule is COC(=O)C1(Cc2ccccc2)CC(c2ccccc2)=NO1. The molecule has 0 N–H and O–H groups in total. The lowest BCUT2D eigenvalue weighted by Gasteiger charge is -2.23. The number of esters is 1. The van der Waals surface area contributed by atoms with E-state index in [4.69, 9.17) is 9.57 Å². The van der Waals surface area contributed by atoms with Gasteiger partial charge >= 0.3 is 5.97 Å². The Kier molecular flexibility index (Phi) is 3.92. The number of rotatable bonds is 4. The summed E-state index contributed by atoms with van der Waals surface area (Å²) in [7, 11) is 1.37. The van der Waals surface area contributed by atoms with E-state index in [9.17, 15) is 4.79 Å². The number of ether oxygens (including phenoxy) is 1. The molecule has 3 rings (SSSR count). The maximum absolute atomic E-state index is 12.3. The van der Waals surface area contributed by atoms with E-state index in [2.05, 4.69) is 5.16 Å². The first-order valence-electron chi connectivity index (χ1n) is 7.16. The summed E-state index contributed by atoms with van der Waals surface area (Å²) >= 11 is 0. The highest BCUT2D eigenvalue weighted by Crippen LogP contribution is 2.31. The van der Waals surface area contributed by atoms with Crippen molar-refractivity contribution in [1.82, 2.24) is 0 Å². The molecule has 4 heteroatoms. The quantitative estimate of drug-likeness (QED) is 0.815. The fourth-order valence-corrected chi connectivity index (χ4v) is 2.65. The molecule has 1 heterocycles. The van der Waals surface area contributed by atoms with Gasteiger partial charge in [0.2, 0.25) is 5.60 Å². The maximum Gasteiger partial charge on any atom is 0.353 e. The van der Waals surface area contributed by atoms with E-state index in [0.717, 1.165) is 16.8 Å². The van der Waals surface area contributed by atoms with Gasteiger partial charge in [-0.25, -0.2) is 4.79 Å². The third-order valence-corrected chi connectivity index (χ3v) is 3.78. The molecule has 2 aromatic carbocycles. The minimum Gasteiger partial charge on any atom is -0.466 e. The van der Waals surface area contributed by atoms with E-state index in [1.165, 1.54) is 7.11 Å². The highest BCUT2D eigenvalue weighted by atomic mass is 16.7.